The summed E-state index contributed by atoms with van der Waals surface area (Å²) in [6.45, 7) is 4.76. The van der Waals surface area contributed by atoms with Gasteiger partial charge in [-0.1, -0.05) is 42.8 Å². The Hall–Kier alpha value is -1.93. The van der Waals surface area contributed by atoms with Gasteiger partial charge in [0.2, 0.25) is 5.91 Å². The smallest absolute Gasteiger partial charge is 0.227 e. The molecule has 0 spiro atoms. The number of nitrogens with two attached hydrogens (primary N) is 1. The molecule has 0 saturated carbocycles. The van der Waals surface area contributed by atoms with Gasteiger partial charge in [0.25, 0.3) is 0 Å². The molecule has 0 bridgehead atoms. The molecule has 8 heteroatoms. The van der Waals surface area contributed by atoms with E-state index in [1.807, 2.05) is 31.2 Å². The van der Waals surface area contributed by atoms with Crippen LogP contribution in [0.1, 0.15) is 55.7 Å². The number of carbonyl (C=O) groups excluding carboxylic acids is 1. The number of nitrogens with zero attached hydrogens (tertiary/aromatic N) is 1. The molecule has 2 aromatic rings. The molecular formula is C25H34ClN3O3S. The quantitative estimate of drug-likeness (QED) is 0.554. The number of benzene rings is 2. The number of carbonyl (C=O) groups is 1. The van der Waals surface area contributed by atoms with Crippen LogP contribution in [0.2, 0.25) is 5.02 Å². The summed E-state index contributed by atoms with van der Waals surface area (Å²) in [6, 6.07) is 14.5. The molecule has 2 atom stereocenters. The molecular weight excluding hydrogens is 458 g/mol. The number of sulfone groups is 1. The van der Waals surface area contributed by atoms with Crippen LogP contribution in [0.25, 0.3) is 0 Å². The Morgan fingerprint density at radius 1 is 1.09 bits per heavy atom. The SMILES string of the molecule is CCC(C(=O)NC1CCN(CCC(N)c2ccc(Cl)cc2)CC1)c1ccc(S(C)(=O)=O)cc1. The minimum atomic E-state index is -3.25. The summed E-state index contributed by atoms with van der Waals surface area (Å²) in [5.41, 5.74) is 8.27. The van der Waals surface area contributed by atoms with Crippen molar-refractivity contribution in [2.45, 2.75) is 55.5 Å². The molecule has 180 valence electrons. The summed E-state index contributed by atoms with van der Waals surface area (Å²) in [5, 5.41) is 3.92. The van der Waals surface area contributed by atoms with Gasteiger partial charge in [-0.2, -0.15) is 0 Å². The van der Waals surface area contributed by atoms with Crippen molar-refractivity contribution in [1.82, 2.24) is 10.2 Å². The van der Waals surface area contributed by atoms with Crippen LogP contribution in [0.15, 0.2) is 53.4 Å². The van der Waals surface area contributed by atoms with Crippen LogP contribution in [0.3, 0.4) is 0 Å². The molecule has 33 heavy (non-hydrogen) atoms. The summed E-state index contributed by atoms with van der Waals surface area (Å²) < 4.78 is 23.4. The minimum absolute atomic E-state index is 0.00724. The number of likely N-dealkylation sites (tertiary alicyclic amines) is 1. The average molecular weight is 492 g/mol. The molecule has 0 radical (unpaired) electrons. The molecule has 0 aliphatic carbocycles. The van der Waals surface area contributed by atoms with Gasteiger partial charge in [-0.25, -0.2) is 8.42 Å². The standard InChI is InChI=1S/C25H34ClN3O3S/c1-3-23(18-6-10-22(11-7-18)33(2,31)32)25(30)28-21-12-15-29(16-13-21)17-14-24(27)19-4-8-20(26)9-5-19/h4-11,21,23-24H,3,12-17,27H2,1-2H3,(H,28,30). The van der Waals surface area contributed by atoms with Crippen molar-refractivity contribution >= 4 is 27.3 Å². The van der Waals surface area contributed by atoms with E-state index in [4.69, 9.17) is 17.3 Å². The zero-order chi connectivity index (χ0) is 24.0. The summed E-state index contributed by atoms with van der Waals surface area (Å²) in [7, 11) is -3.25. The Bertz CT molecular complexity index is 1020. The molecule has 2 unspecified atom stereocenters. The van der Waals surface area contributed by atoms with E-state index in [1.165, 1.54) is 6.26 Å². The fourth-order valence-electron chi connectivity index (χ4n) is 4.32. The lowest BCUT2D eigenvalue weighted by molar-refractivity contribution is -0.123. The van der Waals surface area contributed by atoms with E-state index in [-0.39, 0.29) is 28.8 Å². The summed E-state index contributed by atoms with van der Waals surface area (Å²) in [5.74, 6) is -0.276. The molecule has 1 saturated heterocycles. The van der Waals surface area contributed by atoms with E-state index in [0.717, 1.165) is 50.0 Å². The van der Waals surface area contributed by atoms with Gasteiger partial charge in [0.1, 0.15) is 0 Å². The van der Waals surface area contributed by atoms with Crippen molar-refractivity contribution in [1.29, 1.82) is 0 Å². The first-order valence-electron chi connectivity index (χ1n) is 11.5. The van der Waals surface area contributed by atoms with E-state index in [2.05, 4.69) is 10.2 Å². The fourth-order valence-corrected chi connectivity index (χ4v) is 5.08. The minimum Gasteiger partial charge on any atom is -0.353 e. The van der Waals surface area contributed by atoms with Crippen LogP contribution >= 0.6 is 11.6 Å². The Balaban J connectivity index is 1.46. The number of rotatable bonds is 9. The van der Waals surface area contributed by atoms with Gasteiger partial charge in [-0.05, 0) is 67.6 Å². The third-order valence-electron chi connectivity index (χ3n) is 6.42. The summed E-state index contributed by atoms with van der Waals surface area (Å²) in [4.78, 5) is 15.6. The Morgan fingerprint density at radius 3 is 2.21 bits per heavy atom. The van der Waals surface area contributed by atoms with E-state index in [9.17, 15) is 13.2 Å². The number of nitrogens with one attached hydrogen (secondary N) is 1. The van der Waals surface area contributed by atoms with E-state index >= 15 is 0 Å². The molecule has 1 aliphatic rings. The Kier molecular flexibility index (Phi) is 8.93. The Morgan fingerprint density at radius 2 is 1.67 bits per heavy atom. The summed E-state index contributed by atoms with van der Waals surface area (Å²) >= 11 is 5.95. The molecule has 1 amide bonds. The zero-order valence-electron chi connectivity index (χ0n) is 19.3. The first kappa shape index (κ1) is 25.7. The number of amides is 1. The third kappa shape index (κ3) is 7.27. The van der Waals surface area contributed by atoms with E-state index in [1.54, 1.807) is 24.3 Å². The molecule has 2 aromatic carbocycles. The first-order chi connectivity index (χ1) is 15.7. The van der Waals surface area contributed by atoms with Crippen molar-refractivity contribution in [3.8, 4) is 0 Å². The van der Waals surface area contributed by atoms with Gasteiger partial charge in [0.15, 0.2) is 9.84 Å². The van der Waals surface area contributed by atoms with Crippen LogP contribution in [0.4, 0.5) is 0 Å². The van der Waals surface area contributed by atoms with Crippen LogP contribution in [-0.4, -0.2) is 51.2 Å². The largest absolute Gasteiger partial charge is 0.353 e. The van der Waals surface area contributed by atoms with E-state index < -0.39 is 9.84 Å². The topological polar surface area (TPSA) is 92.5 Å². The monoisotopic (exact) mass is 491 g/mol. The average Bonchev–Trinajstić information content (AvgIpc) is 2.79. The lowest BCUT2D eigenvalue weighted by atomic mass is 9.94. The number of hydrogen-bond acceptors (Lipinski definition) is 5. The van der Waals surface area contributed by atoms with Gasteiger partial charge < -0.3 is 16.0 Å². The van der Waals surface area contributed by atoms with Gasteiger partial charge in [-0.15, -0.1) is 0 Å². The lowest BCUT2D eigenvalue weighted by Gasteiger charge is -2.33. The summed E-state index contributed by atoms with van der Waals surface area (Å²) in [6.07, 6.45) is 4.53. The molecule has 3 rings (SSSR count). The molecule has 1 aliphatic heterocycles. The lowest BCUT2D eigenvalue weighted by Crippen LogP contribution is -2.46. The van der Waals surface area contributed by atoms with Crippen LogP contribution in [0, 0.1) is 0 Å². The first-order valence-corrected chi connectivity index (χ1v) is 13.8. The van der Waals surface area contributed by atoms with Crippen LogP contribution in [-0.2, 0) is 14.6 Å². The van der Waals surface area contributed by atoms with Crippen LogP contribution in [0.5, 0.6) is 0 Å². The highest BCUT2D eigenvalue weighted by molar-refractivity contribution is 7.90. The maximum atomic E-state index is 12.9. The second kappa shape index (κ2) is 11.5. The van der Waals surface area contributed by atoms with Crippen molar-refractivity contribution in [3.63, 3.8) is 0 Å². The van der Waals surface area contributed by atoms with E-state index in [0.29, 0.717) is 11.4 Å². The molecule has 6 nitrogen and oxygen atoms in total. The van der Waals surface area contributed by atoms with Crippen molar-refractivity contribution in [2.75, 3.05) is 25.9 Å². The van der Waals surface area contributed by atoms with Crippen molar-refractivity contribution in [2.24, 2.45) is 5.73 Å². The van der Waals surface area contributed by atoms with Crippen molar-refractivity contribution < 1.29 is 13.2 Å². The normalized spacial score (nSPS) is 17.5. The van der Waals surface area contributed by atoms with Gasteiger partial charge in [-0.3, -0.25) is 4.79 Å². The number of halogens is 1. The zero-order valence-corrected chi connectivity index (χ0v) is 20.9. The van der Waals surface area contributed by atoms with Gasteiger partial charge in [0.05, 0.1) is 10.8 Å². The Labute approximate surface area is 202 Å². The molecule has 0 aromatic heterocycles. The maximum Gasteiger partial charge on any atom is 0.227 e. The molecule has 1 fully saturated rings. The highest BCUT2D eigenvalue weighted by atomic mass is 35.5. The third-order valence-corrected chi connectivity index (χ3v) is 7.80. The molecule has 3 N–H and O–H groups in total. The maximum absolute atomic E-state index is 12.9. The number of hydrogen-bond donors (Lipinski definition) is 2. The fraction of sp³-hybridized carbons (Fsp3) is 0.480. The second-order valence-corrected chi connectivity index (χ2v) is 11.3. The van der Waals surface area contributed by atoms with Gasteiger partial charge in [0, 0.05) is 36.5 Å². The number of piperidine rings is 1. The predicted molar refractivity (Wildman–Crippen MR) is 133 cm³/mol. The highest BCUT2D eigenvalue weighted by Crippen LogP contribution is 2.23. The second-order valence-electron chi connectivity index (χ2n) is 8.87. The predicted octanol–water partition coefficient (Wildman–Crippen LogP) is 3.91. The van der Waals surface area contributed by atoms with Gasteiger partial charge >= 0.3 is 0 Å². The van der Waals surface area contributed by atoms with Crippen LogP contribution < -0.4 is 11.1 Å². The molecule has 1 heterocycles. The van der Waals surface area contributed by atoms with Crippen molar-refractivity contribution in [3.05, 3.63) is 64.7 Å². The highest BCUT2D eigenvalue weighted by Gasteiger charge is 2.25.